The second-order valence-corrected chi connectivity index (χ2v) is 5.24. The van der Waals surface area contributed by atoms with E-state index < -0.39 is 11.9 Å². The maximum Gasteiger partial charge on any atom is 0.434 e. The zero-order valence-corrected chi connectivity index (χ0v) is 12.2. The van der Waals surface area contributed by atoms with Crippen molar-refractivity contribution < 1.29 is 13.2 Å². The lowest BCUT2D eigenvalue weighted by Crippen LogP contribution is -2.05. The Labute approximate surface area is 127 Å². The van der Waals surface area contributed by atoms with Gasteiger partial charge in [-0.25, -0.2) is 15.0 Å². The molecule has 0 bridgehead atoms. The molecule has 3 aromatic rings. The van der Waals surface area contributed by atoms with Gasteiger partial charge in [-0.05, 0) is 13.0 Å². The van der Waals surface area contributed by atoms with E-state index in [0.29, 0.717) is 5.69 Å². The van der Waals surface area contributed by atoms with Crippen LogP contribution in [0.15, 0.2) is 30.0 Å². The molecule has 0 radical (unpaired) electrons. The lowest BCUT2D eigenvalue weighted by molar-refractivity contribution is -0.140. The minimum Gasteiger partial charge on any atom is -0.272 e. The summed E-state index contributed by atoms with van der Waals surface area (Å²) in [5.41, 5.74) is 0.437. The molecule has 3 aromatic heterocycles. The maximum atomic E-state index is 12.6. The van der Waals surface area contributed by atoms with Crippen LogP contribution in [0.4, 0.5) is 13.2 Å². The van der Waals surface area contributed by atoms with Crippen molar-refractivity contribution in [3.05, 3.63) is 35.7 Å². The SMILES string of the molecule is CCn1cc(-c2ccnc(-c3nc(C(F)(F)F)cs3)n2)cn1. The van der Waals surface area contributed by atoms with Crippen molar-refractivity contribution in [1.29, 1.82) is 0 Å². The minimum absolute atomic E-state index is 0.136. The first-order valence-corrected chi connectivity index (χ1v) is 7.24. The molecule has 0 spiro atoms. The van der Waals surface area contributed by atoms with Crippen LogP contribution in [0.1, 0.15) is 12.6 Å². The molecule has 114 valence electrons. The minimum atomic E-state index is -4.46. The highest BCUT2D eigenvalue weighted by Gasteiger charge is 2.34. The van der Waals surface area contributed by atoms with Crippen LogP contribution in [0, 0.1) is 0 Å². The Morgan fingerprint density at radius 2 is 2.09 bits per heavy atom. The number of rotatable bonds is 3. The van der Waals surface area contributed by atoms with Crippen LogP contribution in [0.5, 0.6) is 0 Å². The van der Waals surface area contributed by atoms with Crippen molar-refractivity contribution in [1.82, 2.24) is 24.7 Å². The number of halogens is 3. The summed E-state index contributed by atoms with van der Waals surface area (Å²) in [6.07, 6.45) is 0.498. The van der Waals surface area contributed by atoms with E-state index in [-0.39, 0.29) is 10.8 Å². The molecule has 0 saturated carbocycles. The van der Waals surface area contributed by atoms with Gasteiger partial charge in [-0.15, -0.1) is 11.3 Å². The number of aryl methyl sites for hydroxylation is 1. The van der Waals surface area contributed by atoms with E-state index in [1.54, 1.807) is 16.9 Å². The van der Waals surface area contributed by atoms with Crippen LogP contribution in [0.25, 0.3) is 22.1 Å². The normalized spacial score (nSPS) is 11.8. The number of aromatic nitrogens is 5. The molecule has 3 rings (SSSR count). The van der Waals surface area contributed by atoms with Gasteiger partial charge in [0.25, 0.3) is 0 Å². The molecule has 0 atom stereocenters. The summed E-state index contributed by atoms with van der Waals surface area (Å²) in [7, 11) is 0. The van der Waals surface area contributed by atoms with E-state index in [1.165, 1.54) is 6.20 Å². The quantitative estimate of drug-likeness (QED) is 0.739. The van der Waals surface area contributed by atoms with Gasteiger partial charge in [-0.3, -0.25) is 4.68 Å². The highest BCUT2D eigenvalue weighted by atomic mass is 32.1. The lowest BCUT2D eigenvalue weighted by Gasteiger charge is -2.01. The van der Waals surface area contributed by atoms with Gasteiger partial charge in [0.1, 0.15) is 0 Å². The third-order valence-electron chi connectivity index (χ3n) is 2.89. The van der Waals surface area contributed by atoms with Gasteiger partial charge >= 0.3 is 6.18 Å². The Balaban J connectivity index is 1.95. The Morgan fingerprint density at radius 1 is 1.27 bits per heavy atom. The fourth-order valence-corrected chi connectivity index (χ4v) is 2.56. The lowest BCUT2D eigenvalue weighted by atomic mass is 10.2. The second kappa shape index (κ2) is 5.48. The Kier molecular flexibility index (Phi) is 3.65. The van der Waals surface area contributed by atoms with Crippen LogP contribution in [0.3, 0.4) is 0 Å². The maximum absolute atomic E-state index is 12.6. The predicted molar refractivity (Wildman–Crippen MR) is 75.0 cm³/mol. The molecule has 0 saturated heterocycles. The molecule has 0 aromatic carbocycles. The van der Waals surface area contributed by atoms with E-state index in [4.69, 9.17) is 0 Å². The Morgan fingerprint density at radius 3 is 2.73 bits per heavy atom. The van der Waals surface area contributed by atoms with Gasteiger partial charge in [-0.2, -0.15) is 18.3 Å². The number of alkyl halides is 3. The average Bonchev–Trinajstić information content (AvgIpc) is 3.16. The van der Waals surface area contributed by atoms with Crippen molar-refractivity contribution in [3.8, 4) is 22.1 Å². The van der Waals surface area contributed by atoms with Crippen LogP contribution in [-0.4, -0.2) is 24.7 Å². The summed E-state index contributed by atoms with van der Waals surface area (Å²) in [6, 6.07) is 1.68. The molecule has 0 aliphatic heterocycles. The largest absolute Gasteiger partial charge is 0.434 e. The highest BCUT2D eigenvalue weighted by molar-refractivity contribution is 7.13. The summed E-state index contributed by atoms with van der Waals surface area (Å²) in [4.78, 5) is 11.8. The van der Waals surface area contributed by atoms with Crippen molar-refractivity contribution in [2.45, 2.75) is 19.6 Å². The van der Waals surface area contributed by atoms with Crippen molar-refractivity contribution in [2.75, 3.05) is 0 Å². The molecule has 0 unspecified atom stereocenters. The van der Waals surface area contributed by atoms with Crippen LogP contribution in [-0.2, 0) is 12.7 Å². The number of hydrogen-bond acceptors (Lipinski definition) is 5. The molecule has 5 nitrogen and oxygen atoms in total. The van der Waals surface area contributed by atoms with Crippen LogP contribution in [0.2, 0.25) is 0 Å². The van der Waals surface area contributed by atoms with E-state index >= 15 is 0 Å². The van der Waals surface area contributed by atoms with Gasteiger partial charge in [0, 0.05) is 29.9 Å². The Hall–Kier alpha value is -2.29. The smallest absolute Gasteiger partial charge is 0.272 e. The van der Waals surface area contributed by atoms with Crippen molar-refractivity contribution in [3.63, 3.8) is 0 Å². The zero-order valence-electron chi connectivity index (χ0n) is 11.4. The predicted octanol–water partition coefficient (Wildman–Crippen LogP) is 3.50. The average molecular weight is 325 g/mol. The molecule has 0 aliphatic rings. The van der Waals surface area contributed by atoms with Gasteiger partial charge in [0.2, 0.25) is 0 Å². The number of nitrogens with zero attached hydrogens (tertiary/aromatic N) is 5. The first-order chi connectivity index (χ1) is 10.5. The first-order valence-electron chi connectivity index (χ1n) is 6.36. The van der Waals surface area contributed by atoms with Crippen molar-refractivity contribution in [2.24, 2.45) is 0 Å². The molecule has 3 heterocycles. The zero-order chi connectivity index (χ0) is 15.7. The second-order valence-electron chi connectivity index (χ2n) is 4.39. The van der Waals surface area contributed by atoms with Gasteiger partial charge in [0.15, 0.2) is 16.5 Å². The fourth-order valence-electron chi connectivity index (χ4n) is 1.80. The molecule has 0 amide bonds. The fraction of sp³-hybridized carbons (Fsp3) is 0.231. The van der Waals surface area contributed by atoms with Gasteiger partial charge in [0.05, 0.1) is 11.9 Å². The Bertz CT molecular complexity index is 793. The molecular weight excluding hydrogens is 315 g/mol. The van der Waals surface area contributed by atoms with E-state index in [0.717, 1.165) is 28.8 Å². The monoisotopic (exact) mass is 325 g/mol. The molecule has 22 heavy (non-hydrogen) atoms. The third-order valence-corrected chi connectivity index (χ3v) is 3.73. The summed E-state index contributed by atoms with van der Waals surface area (Å²) in [5, 5.41) is 5.24. The van der Waals surface area contributed by atoms with E-state index in [9.17, 15) is 13.2 Å². The molecule has 0 fully saturated rings. The molecule has 0 aliphatic carbocycles. The number of hydrogen-bond donors (Lipinski definition) is 0. The first kappa shape index (κ1) is 14.6. The highest BCUT2D eigenvalue weighted by Crippen LogP contribution is 2.32. The molecule has 9 heteroatoms. The molecule has 0 N–H and O–H groups in total. The summed E-state index contributed by atoms with van der Waals surface area (Å²) in [6.45, 7) is 2.68. The van der Waals surface area contributed by atoms with Crippen LogP contribution >= 0.6 is 11.3 Å². The number of thiazole rings is 1. The summed E-state index contributed by atoms with van der Waals surface area (Å²) >= 11 is 0.866. The van der Waals surface area contributed by atoms with Gasteiger partial charge < -0.3 is 0 Å². The van der Waals surface area contributed by atoms with E-state index in [1.807, 2.05) is 13.1 Å². The summed E-state index contributed by atoms with van der Waals surface area (Å²) < 4.78 is 39.5. The van der Waals surface area contributed by atoms with Gasteiger partial charge in [-0.1, -0.05) is 0 Å². The molecular formula is C13H10F3N5S. The third kappa shape index (κ3) is 2.84. The van der Waals surface area contributed by atoms with Crippen molar-refractivity contribution >= 4 is 11.3 Å². The van der Waals surface area contributed by atoms with E-state index in [2.05, 4.69) is 20.1 Å². The standard InChI is InChI=1S/C13H10F3N5S/c1-2-21-6-8(5-18-21)9-3-4-17-11(19-9)12-20-10(7-22-12)13(14,15)16/h3-7H,2H2,1H3. The topological polar surface area (TPSA) is 56.5 Å². The summed E-state index contributed by atoms with van der Waals surface area (Å²) in [5.74, 6) is 0.169. The van der Waals surface area contributed by atoms with Crippen LogP contribution < -0.4 is 0 Å².